The van der Waals surface area contributed by atoms with E-state index < -0.39 is 11.9 Å². The molecule has 0 bridgehead atoms. The van der Waals surface area contributed by atoms with Gasteiger partial charge in [0, 0.05) is 17.3 Å². The van der Waals surface area contributed by atoms with Crippen molar-refractivity contribution < 1.29 is 14.6 Å². The molecule has 1 heterocycles. The maximum atomic E-state index is 11.5. The molecule has 2 rings (SSSR count). The highest BCUT2D eigenvalue weighted by atomic mass is 35.5. The fourth-order valence-electron chi connectivity index (χ4n) is 1.93. The molecule has 0 aliphatic rings. The summed E-state index contributed by atoms with van der Waals surface area (Å²) in [6, 6.07) is 8.74. The SMILES string of the molecule is CCOc1ccnc(C(Cc2ccccc2Cl)C(=O)O)n1. The molecule has 21 heavy (non-hydrogen) atoms. The molecule has 0 saturated carbocycles. The molecule has 1 N–H and O–H groups in total. The zero-order valence-corrected chi connectivity index (χ0v) is 12.2. The van der Waals surface area contributed by atoms with E-state index in [4.69, 9.17) is 16.3 Å². The van der Waals surface area contributed by atoms with Crippen molar-refractivity contribution >= 4 is 17.6 Å². The van der Waals surface area contributed by atoms with Crippen molar-refractivity contribution in [3.63, 3.8) is 0 Å². The van der Waals surface area contributed by atoms with Crippen LogP contribution in [0.1, 0.15) is 24.2 Å². The van der Waals surface area contributed by atoms with E-state index >= 15 is 0 Å². The molecule has 0 saturated heterocycles. The van der Waals surface area contributed by atoms with E-state index in [9.17, 15) is 9.90 Å². The molecular formula is C15H15ClN2O3. The lowest BCUT2D eigenvalue weighted by molar-refractivity contribution is -0.139. The number of rotatable bonds is 6. The van der Waals surface area contributed by atoms with Gasteiger partial charge in [-0.05, 0) is 25.0 Å². The lowest BCUT2D eigenvalue weighted by Crippen LogP contribution is -2.18. The highest BCUT2D eigenvalue weighted by molar-refractivity contribution is 6.31. The standard InChI is InChI=1S/C15H15ClN2O3/c1-2-21-13-7-8-17-14(18-13)11(15(19)20)9-10-5-3-4-6-12(10)16/h3-8,11H,2,9H2,1H3,(H,19,20). The van der Waals surface area contributed by atoms with Crippen LogP contribution in [0.15, 0.2) is 36.5 Å². The van der Waals surface area contributed by atoms with Crippen molar-refractivity contribution in [3.8, 4) is 5.88 Å². The quantitative estimate of drug-likeness (QED) is 0.888. The first-order valence-corrected chi connectivity index (χ1v) is 6.91. The van der Waals surface area contributed by atoms with Gasteiger partial charge in [0.05, 0.1) is 6.61 Å². The fourth-order valence-corrected chi connectivity index (χ4v) is 2.14. The van der Waals surface area contributed by atoms with E-state index in [0.717, 1.165) is 5.56 Å². The van der Waals surface area contributed by atoms with Gasteiger partial charge in [-0.3, -0.25) is 4.79 Å². The number of carboxylic acids is 1. The predicted octanol–water partition coefficient (Wildman–Crippen LogP) is 2.94. The number of carboxylic acid groups (broad SMARTS) is 1. The Bertz CT molecular complexity index is 634. The molecule has 0 radical (unpaired) electrons. The predicted molar refractivity (Wildman–Crippen MR) is 78.7 cm³/mol. The Labute approximate surface area is 127 Å². The van der Waals surface area contributed by atoms with Gasteiger partial charge in [0.1, 0.15) is 11.7 Å². The van der Waals surface area contributed by atoms with E-state index in [-0.39, 0.29) is 12.2 Å². The summed E-state index contributed by atoms with van der Waals surface area (Å²) >= 11 is 6.08. The van der Waals surface area contributed by atoms with Crippen LogP contribution >= 0.6 is 11.6 Å². The summed E-state index contributed by atoms with van der Waals surface area (Å²) in [7, 11) is 0. The van der Waals surface area contributed by atoms with Gasteiger partial charge < -0.3 is 9.84 Å². The largest absolute Gasteiger partial charge is 0.481 e. The Kier molecular flexibility index (Phi) is 5.11. The first-order chi connectivity index (χ1) is 10.1. The van der Waals surface area contributed by atoms with E-state index in [1.54, 1.807) is 24.3 Å². The van der Waals surface area contributed by atoms with Crippen molar-refractivity contribution in [1.82, 2.24) is 9.97 Å². The van der Waals surface area contributed by atoms with Gasteiger partial charge in [0.2, 0.25) is 5.88 Å². The molecule has 0 spiro atoms. The molecular weight excluding hydrogens is 292 g/mol. The van der Waals surface area contributed by atoms with Crippen LogP contribution < -0.4 is 4.74 Å². The maximum Gasteiger partial charge on any atom is 0.314 e. The van der Waals surface area contributed by atoms with Crippen LogP contribution in [0.5, 0.6) is 5.88 Å². The molecule has 0 fully saturated rings. The molecule has 6 heteroatoms. The molecule has 1 atom stereocenters. The lowest BCUT2D eigenvalue weighted by atomic mass is 9.98. The molecule has 1 unspecified atom stereocenters. The van der Waals surface area contributed by atoms with Gasteiger partial charge in [-0.2, -0.15) is 4.98 Å². The third-order valence-corrected chi connectivity index (χ3v) is 3.30. The van der Waals surface area contributed by atoms with Crippen LogP contribution in [0.3, 0.4) is 0 Å². The summed E-state index contributed by atoms with van der Waals surface area (Å²) in [4.78, 5) is 19.7. The van der Waals surface area contributed by atoms with Gasteiger partial charge in [0.15, 0.2) is 0 Å². The average molecular weight is 307 g/mol. The Hall–Kier alpha value is -2.14. The van der Waals surface area contributed by atoms with Crippen molar-refractivity contribution in [2.45, 2.75) is 19.3 Å². The second kappa shape index (κ2) is 7.04. The Morgan fingerprint density at radius 3 is 2.81 bits per heavy atom. The van der Waals surface area contributed by atoms with Crippen molar-refractivity contribution in [3.05, 3.63) is 52.9 Å². The summed E-state index contributed by atoms with van der Waals surface area (Å²) in [5, 5.41) is 9.97. The van der Waals surface area contributed by atoms with E-state index in [1.165, 1.54) is 6.20 Å². The number of aromatic nitrogens is 2. The number of benzene rings is 1. The molecule has 1 aromatic heterocycles. The summed E-state index contributed by atoms with van der Waals surface area (Å²) in [6.07, 6.45) is 1.72. The molecule has 5 nitrogen and oxygen atoms in total. The van der Waals surface area contributed by atoms with Gasteiger partial charge in [-0.25, -0.2) is 4.98 Å². The van der Waals surface area contributed by atoms with Crippen molar-refractivity contribution in [1.29, 1.82) is 0 Å². The highest BCUT2D eigenvalue weighted by Crippen LogP contribution is 2.24. The average Bonchev–Trinajstić information content (AvgIpc) is 2.46. The van der Waals surface area contributed by atoms with Crippen LogP contribution in [-0.2, 0) is 11.2 Å². The second-order valence-corrected chi connectivity index (χ2v) is 4.78. The van der Waals surface area contributed by atoms with Crippen molar-refractivity contribution in [2.24, 2.45) is 0 Å². The van der Waals surface area contributed by atoms with Gasteiger partial charge in [0.25, 0.3) is 0 Å². The number of hydrogen-bond donors (Lipinski definition) is 1. The monoisotopic (exact) mass is 306 g/mol. The minimum atomic E-state index is -0.997. The molecule has 0 aliphatic carbocycles. The number of ether oxygens (including phenoxy) is 1. The molecule has 0 amide bonds. The normalized spacial score (nSPS) is 11.9. The first-order valence-electron chi connectivity index (χ1n) is 6.53. The van der Waals surface area contributed by atoms with Crippen LogP contribution in [-0.4, -0.2) is 27.7 Å². The van der Waals surface area contributed by atoms with Crippen LogP contribution in [0.25, 0.3) is 0 Å². The molecule has 0 aliphatic heterocycles. The van der Waals surface area contributed by atoms with E-state index in [1.807, 2.05) is 13.0 Å². The topological polar surface area (TPSA) is 72.3 Å². The minimum Gasteiger partial charge on any atom is -0.481 e. The fraction of sp³-hybridized carbons (Fsp3) is 0.267. The Morgan fingerprint density at radius 2 is 2.14 bits per heavy atom. The third-order valence-electron chi connectivity index (χ3n) is 2.93. The van der Waals surface area contributed by atoms with Gasteiger partial charge >= 0.3 is 5.97 Å². The van der Waals surface area contributed by atoms with Crippen LogP contribution in [0.2, 0.25) is 5.02 Å². The van der Waals surface area contributed by atoms with Crippen LogP contribution in [0.4, 0.5) is 0 Å². The minimum absolute atomic E-state index is 0.216. The second-order valence-electron chi connectivity index (χ2n) is 4.37. The first kappa shape index (κ1) is 15.3. The zero-order chi connectivity index (χ0) is 15.2. The van der Waals surface area contributed by atoms with Crippen molar-refractivity contribution in [2.75, 3.05) is 6.61 Å². The number of halogens is 1. The lowest BCUT2D eigenvalue weighted by Gasteiger charge is -2.13. The Balaban J connectivity index is 2.29. The molecule has 1 aromatic carbocycles. The van der Waals surface area contributed by atoms with E-state index in [0.29, 0.717) is 17.5 Å². The number of aliphatic carboxylic acids is 1. The Morgan fingerprint density at radius 1 is 1.38 bits per heavy atom. The smallest absolute Gasteiger partial charge is 0.314 e. The van der Waals surface area contributed by atoms with Gasteiger partial charge in [-0.15, -0.1) is 0 Å². The number of hydrogen-bond acceptors (Lipinski definition) is 4. The highest BCUT2D eigenvalue weighted by Gasteiger charge is 2.24. The van der Waals surface area contributed by atoms with E-state index in [2.05, 4.69) is 9.97 Å². The van der Waals surface area contributed by atoms with Crippen LogP contribution in [0, 0.1) is 0 Å². The summed E-state index contributed by atoms with van der Waals surface area (Å²) in [5.74, 6) is -1.28. The summed E-state index contributed by atoms with van der Waals surface area (Å²) in [6.45, 7) is 2.29. The summed E-state index contributed by atoms with van der Waals surface area (Å²) < 4.78 is 5.28. The summed E-state index contributed by atoms with van der Waals surface area (Å²) in [5.41, 5.74) is 0.747. The molecule has 110 valence electrons. The number of carbonyl (C=O) groups is 1. The maximum absolute atomic E-state index is 11.5. The molecule has 2 aromatic rings. The number of nitrogens with zero attached hydrogens (tertiary/aromatic N) is 2. The zero-order valence-electron chi connectivity index (χ0n) is 11.5. The van der Waals surface area contributed by atoms with Gasteiger partial charge in [-0.1, -0.05) is 29.8 Å². The third kappa shape index (κ3) is 3.92.